The highest BCUT2D eigenvalue weighted by Gasteiger charge is 2.14. The predicted octanol–water partition coefficient (Wildman–Crippen LogP) is -0.155. The van der Waals surface area contributed by atoms with Crippen molar-refractivity contribution in [3.8, 4) is 5.75 Å². The number of benzene rings is 1. The highest BCUT2D eigenvalue weighted by atomic mass is 16.5. The Morgan fingerprint density at radius 1 is 1.20 bits per heavy atom. The van der Waals surface area contributed by atoms with Crippen LogP contribution in [0.25, 0.3) is 0 Å². The molecule has 0 aliphatic carbocycles. The molecule has 1 heterocycles. The van der Waals surface area contributed by atoms with Gasteiger partial charge in [0.05, 0.1) is 7.11 Å². The molecule has 10 heteroatoms. The maximum absolute atomic E-state index is 12.1. The van der Waals surface area contributed by atoms with Crippen molar-refractivity contribution in [2.75, 3.05) is 19.0 Å². The van der Waals surface area contributed by atoms with Crippen LogP contribution in [0.15, 0.2) is 35.3 Å². The molecule has 2 aromatic rings. The van der Waals surface area contributed by atoms with E-state index in [4.69, 9.17) is 9.84 Å². The summed E-state index contributed by atoms with van der Waals surface area (Å²) in [5, 5.41) is 12.9. The molecule has 1 aromatic heterocycles. The maximum atomic E-state index is 12.1. The smallest absolute Gasteiger partial charge is 0.322 e. The molecule has 0 bridgehead atoms. The average Bonchev–Trinajstić information content (AvgIpc) is 2.59. The summed E-state index contributed by atoms with van der Waals surface area (Å²) in [6.07, 6.45) is 0.944. The van der Waals surface area contributed by atoms with Crippen molar-refractivity contribution in [3.05, 3.63) is 51.9 Å². The van der Waals surface area contributed by atoms with Gasteiger partial charge in [-0.1, -0.05) is 0 Å². The van der Waals surface area contributed by atoms with E-state index in [1.807, 2.05) is 5.32 Å². The van der Waals surface area contributed by atoms with E-state index < -0.39 is 29.9 Å². The van der Waals surface area contributed by atoms with Crippen molar-refractivity contribution in [1.29, 1.82) is 0 Å². The molecule has 0 aliphatic heterocycles. The van der Waals surface area contributed by atoms with Gasteiger partial charge in [-0.2, -0.15) is 0 Å². The largest absolute Gasteiger partial charge is 0.497 e. The fourth-order valence-corrected chi connectivity index (χ4v) is 1.79. The summed E-state index contributed by atoms with van der Waals surface area (Å²) in [5.41, 5.74) is -0.877. The number of carboxylic acids is 1. The molecule has 25 heavy (non-hydrogen) atoms. The van der Waals surface area contributed by atoms with Gasteiger partial charge in [0.15, 0.2) is 0 Å². The van der Waals surface area contributed by atoms with E-state index >= 15 is 0 Å². The van der Waals surface area contributed by atoms with E-state index in [0.29, 0.717) is 11.3 Å². The second-order valence-corrected chi connectivity index (χ2v) is 4.73. The molecule has 10 nitrogen and oxygen atoms in total. The first-order valence-electron chi connectivity index (χ1n) is 6.95. The number of aliphatic carboxylic acids is 1. The SMILES string of the molecule is COc1ccc(C(=O)Nc2ncc(C(=O)NCC(=O)O)c(=O)[nH]2)cc1. The lowest BCUT2D eigenvalue weighted by atomic mass is 10.2. The number of aromatic amines is 1. The van der Waals surface area contributed by atoms with Gasteiger partial charge in [-0.25, -0.2) is 4.98 Å². The zero-order valence-electron chi connectivity index (χ0n) is 13.0. The number of carboxylic acid groups (broad SMARTS) is 1. The quantitative estimate of drug-likeness (QED) is 0.567. The first-order valence-corrected chi connectivity index (χ1v) is 6.95. The van der Waals surface area contributed by atoms with Crippen molar-refractivity contribution < 1.29 is 24.2 Å². The second kappa shape index (κ2) is 7.73. The molecule has 1 aromatic carbocycles. The molecular weight excluding hydrogens is 332 g/mol. The summed E-state index contributed by atoms with van der Waals surface area (Å²) in [5.74, 6) is -2.22. The summed E-state index contributed by atoms with van der Waals surface area (Å²) in [6, 6.07) is 6.25. The average molecular weight is 346 g/mol. The van der Waals surface area contributed by atoms with Gasteiger partial charge in [-0.05, 0) is 24.3 Å². The minimum atomic E-state index is -1.25. The molecule has 0 unspecified atom stereocenters. The predicted molar refractivity (Wildman–Crippen MR) is 85.8 cm³/mol. The number of rotatable bonds is 6. The van der Waals surface area contributed by atoms with Gasteiger partial charge in [-0.3, -0.25) is 29.5 Å². The summed E-state index contributed by atoms with van der Waals surface area (Å²) in [7, 11) is 1.50. The van der Waals surface area contributed by atoms with E-state index in [9.17, 15) is 19.2 Å². The van der Waals surface area contributed by atoms with Crippen LogP contribution >= 0.6 is 0 Å². The number of H-pyrrole nitrogens is 1. The number of carbonyl (C=O) groups excluding carboxylic acids is 2. The number of hydrogen-bond donors (Lipinski definition) is 4. The van der Waals surface area contributed by atoms with E-state index in [1.54, 1.807) is 12.1 Å². The van der Waals surface area contributed by atoms with Gasteiger partial charge in [0.2, 0.25) is 5.95 Å². The number of nitrogens with zero attached hydrogens (tertiary/aromatic N) is 1. The number of methoxy groups -OCH3 is 1. The number of ether oxygens (including phenoxy) is 1. The maximum Gasteiger partial charge on any atom is 0.322 e. The third-order valence-electron chi connectivity index (χ3n) is 3.03. The Hall–Kier alpha value is -3.69. The highest BCUT2D eigenvalue weighted by molar-refractivity contribution is 6.03. The Labute approximate surface area is 140 Å². The minimum absolute atomic E-state index is 0.152. The van der Waals surface area contributed by atoms with Crippen molar-refractivity contribution in [3.63, 3.8) is 0 Å². The van der Waals surface area contributed by atoms with Gasteiger partial charge < -0.3 is 15.2 Å². The van der Waals surface area contributed by atoms with E-state index in [0.717, 1.165) is 6.20 Å². The van der Waals surface area contributed by atoms with Gasteiger partial charge in [0, 0.05) is 11.8 Å². The Kier molecular flexibility index (Phi) is 5.46. The Bertz CT molecular complexity index is 859. The molecule has 2 rings (SSSR count). The number of anilines is 1. The van der Waals surface area contributed by atoms with Crippen LogP contribution < -0.4 is 20.9 Å². The normalized spacial score (nSPS) is 9.96. The molecule has 130 valence electrons. The minimum Gasteiger partial charge on any atom is -0.497 e. The summed E-state index contributed by atoms with van der Waals surface area (Å²) in [6.45, 7) is -0.631. The lowest BCUT2D eigenvalue weighted by Crippen LogP contribution is -2.34. The van der Waals surface area contributed by atoms with Crippen molar-refractivity contribution >= 4 is 23.7 Å². The Morgan fingerprint density at radius 2 is 1.88 bits per heavy atom. The van der Waals surface area contributed by atoms with Crippen molar-refractivity contribution in [2.24, 2.45) is 0 Å². The first-order chi connectivity index (χ1) is 11.9. The molecule has 0 spiro atoms. The fourth-order valence-electron chi connectivity index (χ4n) is 1.79. The number of carbonyl (C=O) groups is 3. The summed E-state index contributed by atoms with van der Waals surface area (Å²) < 4.78 is 4.99. The number of nitrogens with one attached hydrogen (secondary N) is 3. The van der Waals surface area contributed by atoms with E-state index in [-0.39, 0.29) is 11.5 Å². The highest BCUT2D eigenvalue weighted by Crippen LogP contribution is 2.12. The van der Waals surface area contributed by atoms with Crippen LogP contribution in [0.1, 0.15) is 20.7 Å². The Morgan fingerprint density at radius 3 is 2.44 bits per heavy atom. The van der Waals surface area contributed by atoms with Crippen LogP contribution in [0, 0.1) is 0 Å². The number of amides is 2. The van der Waals surface area contributed by atoms with E-state index in [1.165, 1.54) is 19.2 Å². The topological polar surface area (TPSA) is 150 Å². The monoisotopic (exact) mass is 346 g/mol. The molecule has 2 amide bonds. The van der Waals surface area contributed by atoms with Gasteiger partial charge in [0.25, 0.3) is 17.4 Å². The van der Waals surface area contributed by atoms with Crippen LogP contribution in [0.2, 0.25) is 0 Å². The van der Waals surface area contributed by atoms with Gasteiger partial charge >= 0.3 is 5.97 Å². The van der Waals surface area contributed by atoms with Gasteiger partial charge in [-0.15, -0.1) is 0 Å². The lowest BCUT2D eigenvalue weighted by Gasteiger charge is -2.06. The Balaban J connectivity index is 2.09. The fraction of sp³-hybridized carbons (Fsp3) is 0.133. The van der Waals surface area contributed by atoms with Crippen LogP contribution in [0.5, 0.6) is 5.75 Å². The zero-order chi connectivity index (χ0) is 18.4. The molecule has 0 fully saturated rings. The number of hydrogen-bond acceptors (Lipinski definition) is 6. The molecular formula is C15H14N4O6. The summed E-state index contributed by atoms with van der Waals surface area (Å²) >= 11 is 0. The van der Waals surface area contributed by atoms with Crippen LogP contribution in [-0.4, -0.2) is 46.5 Å². The first kappa shape index (κ1) is 17.7. The summed E-state index contributed by atoms with van der Waals surface area (Å²) in [4.78, 5) is 52.0. The zero-order valence-corrected chi connectivity index (χ0v) is 13.0. The van der Waals surface area contributed by atoms with Crippen molar-refractivity contribution in [2.45, 2.75) is 0 Å². The third kappa shape index (κ3) is 4.64. The third-order valence-corrected chi connectivity index (χ3v) is 3.03. The second-order valence-electron chi connectivity index (χ2n) is 4.73. The van der Waals surface area contributed by atoms with Crippen LogP contribution in [0.3, 0.4) is 0 Å². The van der Waals surface area contributed by atoms with Gasteiger partial charge in [0.1, 0.15) is 17.9 Å². The molecule has 0 saturated carbocycles. The molecule has 4 N–H and O–H groups in total. The molecule has 0 saturated heterocycles. The van der Waals surface area contributed by atoms with Crippen LogP contribution in [0.4, 0.5) is 5.95 Å². The lowest BCUT2D eigenvalue weighted by molar-refractivity contribution is -0.135. The molecule has 0 radical (unpaired) electrons. The van der Waals surface area contributed by atoms with E-state index in [2.05, 4.69) is 15.3 Å². The van der Waals surface area contributed by atoms with Crippen molar-refractivity contribution in [1.82, 2.24) is 15.3 Å². The molecule has 0 atom stereocenters. The van der Waals surface area contributed by atoms with Crippen LogP contribution in [-0.2, 0) is 4.79 Å². The standard InChI is InChI=1S/C15H14N4O6/c1-25-9-4-2-8(3-5-9)12(22)18-15-17-6-10(14(24)19-15)13(23)16-7-11(20)21/h2-6H,7H2,1H3,(H,16,23)(H,20,21)(H2,17,18,19,22,24). The number of aromatic nitrogens is 2. The molecule has 0 aliphatic rings.